The third-order valence-corrected chi connectivity index (χ3v) is 3.87. The number of nitriles is 1. The molecule has 0 unspecified atom stereocenters. The quantitative estimate of drug-likeness (QED) is 0.522. The van der Waals surface area contributed by atoms with Gasteiger partial charge < -0.3 is 5.84 Å². The minimum absolute atomic E-state index is 0.134. The van der Waals surface area contributed by atoms with E-state index in [2.05, 4.69) is 10.2 Å². The number of rotatable bonds is 3. The average molecular weight is 318 g/mol. The fourth-order valence-corrected chi connectivity index (χ4v) is 2.58. The molecule has 0 aliphatic heterocycles. The molecule has 0 bridgehead atoms. The molecule has 114 valence electrons. The Hall–Kier alpha value is -2.60. The van der Waals surface area contributed by atoms with Crippen LogP contribution >= 0.6 is 11.8 Å². The van der Waals surface area contributed by atoms with Gasteiger partial charge in [0.15, 0.2) is 5.82 Å². The van der Waals surface area contributed by atoms with Crippen LogP contribution < -0.4 is 5.84 Å². The Morgan fingerprint density at radius 1 is 1.41 bits per heavy atom. The summed E-state index contributed by atoms with van der Waals surface area (Å²) >= 11 is 1.14. The molecule has 0 spiro atoms. The summed E-state index contributed by atoms with van der Waals surface area (Å²) in [6.45, 7) is 5.88. The Bertz CT molecular complexity index is 772. The Balaban J connectivity index is 2.38. The van der Waals surface area contributed by atoms with Crippen molar-refractivity contribution in [3.8, 4) is 6.07 Å². The predicted octanol–water partition coefficient (Wildman–Crippen LogP) is 2.22. The molecule has 2 rings (SSSR count). The van der Waals surface area contributed by atoms with E-state index in [1.807, 2.05) is 26.8 Å². The monoisotopic (exact) mass is 318 g/mol. The smallest absolute Gasteiger partial charge is 0.270 e. The van der Waals surface area contributed by atoms with Gasteiger partial charge in [-0.25, -0.2) is 4.68 Å². The van der Waals surface area contributed by atoms with Crippen LogP contribution in [0.25, 0.3) is 0 Å². The summed E-state index contributed by atoms with van der Waals surface area (Å²) in [5, 5.41) is 28.4. The van der Waals surface area contributed by atoms with E-state index >= 15 is 0 Å². The van der Waals surface area contributed by atoms with Crippen molar-refractivity contribution in [1.82, 2.24) is 14.9 Å². The van der Waals surface area contributed by atoms with Crippen molar-refractivity contribution in [3.63, 3.8) is 0 Å². The van der Waals surface area contributed by atoms with E-state index in [1.165, 1.54) is 22.9 Å². The maximum atomic E-state index is 10.7. The number of nitrogen functional groups attached to an aromatic ring is 1. The highest BCUT2D eigenvalue weighted by atomic mass is 32.2. The predicted molar refractivity (Wildman–Crippen MR) is 80.8 cm³/mol. The summed E-state index contributed by atoms with van der Waals surface area (Å²) in [7, 11) is 0. The van der Waals surface area contributed by atoms with Gasteiger partial charge >= 0.3 is 0 Å². The van der Waals surface area contributed by atoms with Crippen LogP contribution in [0, 0.1) is 21.4 Å². The van der Waals surface area contributed by atoms with Crippen LogP contribution in [-0.4, -0.2) is 19.8 Å². The minimum atomic E-state index is -0.543. The Labute approximate surface area is 131 Å². The molecule has 1 heterocycles. The highest BCUT2D eigenvalue weighted by Gasteiger charge is 2.24. The molecule has 9 heteroatoms. The summed E-state index contributed by atoms with van der Waals surface area (Å²) in [6.07, 6.45) is 0. The molecule has 0 aliphatic carbocycles. The van der Waals surface area contributed by atoms with Crippen molar-refractivity contribution in [2.75, 3.05) is 5.84 Å². The first-order valence-corrected chi connectivity index (χ1v) is 7.13. The molecule has 2 aromatic rings. The third kappa shape index (κ3) is 3.01. The third-order valence-electron chi connectivity index (χ3n) is 2.83. The summed E-state index contributed by atoms with van der Waals surface area (Å²) in [5.41, 5.74) is -0.210. The van der Waals surface area contributed by atoms with Gasteiger partial charge in [0.25, 0.3) is 5.69 Å². The van der Waals surface area contributed by atoms with Gasteiger partial charge in [0.1, 0.15) is 6.07 Å². The van der Waals surface area contributed by atoms with Crippen LogP contribution in [0.5, 0.6) is 0 Å². The van der Waals surface area contributed by atoms with Crippen molar-refractivity contribution in [2.45, 2.75) is 36.2 Å². The number of nitro groups is 1. The lowest BCUT2D eigenvalue weighted by Crippen LogP contribution is -2.24. The maximum Gasteiger partial charge on any atom is 0.270 e. The van der Waals surface area contributed by atoms with E-state index in [9.17, 15) is 10.1 Å². The second kappa shape index (κ2) is 5.65. The van der Waals surface area contributed by atoms with Crippen LogP contribution in [0.3, 0.4) is 0 Å². The van der Waals surface area contributed by atoms with E-state index in [0.717, 1.165) is 11.8 Å². The van der Waals surface area contributed by atoms with E-state index in [-0.39, 0.29) is 16.7 Å². The summed E-state index contributed by atoms with van der Waals surface area (Å²) in [5.74, 6) is 6.59. The van der Waals surface area contributed by atoms with E-state index in [4.69, 9.17) is 11.1 Å². The molecule has 0 fully saturated rings. The first-order chi connectivity index (χ1) is 10.2. The Morgan fingerprint density at radius 3 is 2.59 bits per heavy atom. The second-order valence-corrected chi connectivity index (χ2v) is 6.59. The van der Waals surface area contributed by atoms with Crippen LogP contribution in [0.1, 0.15) is 32.2 Å². The number of nitro benzene ring substituents is 1. The van der Waals surface area contributed by atoms with Gasteiger partial charge in [-0.2, -0.15) is 5.26 Å². The molecule has 8 nitrogen and oxygen atoms in total. The molecule has 22 heavy (non-hydrogen) atoms. The van der Waals surface area contributed by atoms with Gasteiger partial charge in [-0.3, -0.25) is 10.1 Å². The Kier molecular flexibility index (Phi) is 4.05. The van der Waals surface area contributed by atoms with Crippen LogP contribution in [0.4, 0.5) is 5.69 Å². The van der Waals surface area contributed by atoms with Crippen LogP contribution in [0.2, 0.25) is 0 Å². The van der Waals surface area contributed by atoms with Crippen LogP contribution in [0.15, 0.2) is 28.3 Å². The molecule has 2 N–H and O–H groups in total. The van der Waals surface area contributed by atoms with Gasteiger partial charge in [-0.05, 0) is 17.8 Å². The van der Waals surface area contributed by atoms with Gasteiger partial charge in [-0.1, -0.05) is 20.8 Å². The molecule has 1 aromatic heterocycles. The number of benzene rings is 1. The zero-order valence-electron chi connectivity index (χ0n) is 12.3. The molecule has 0 aliphatic rings. The van der Waals surface area contributed by atoms with E-state index in [0.29, 0.717) is 15.9 Å². The molecular weight excluding hydrogens is 304 g/mol. The van der Waals surface area contributed by atoms with Crippen molar-refractivity contribution in [1.29, 1.82) is 5.26 Å². The fraction of sp³-hybridized carbons (Fsp3) is 0.308. The normalized spacial score (nSPS) is 11.2. The highest BCUT2D eigenvalue weighted by molar-refractivity contribution is 7.99. The van der Waals surface area contributed by atoms with Crippen molar-refractivity contribution >= 4 is 17.4 Å². The van der Waals surface area contributed by atoms with Crippen molar-refractivity contribution in [2.24, 2.45) is 0 Å². The number of hydrogen-bond acceptors (Lipinski definition) is 7. The molecule has 1 aromatic carbocycles. The highest BCUT2D eigenvalue weighted by Crippen LogP contribution is 2.32. The largest absolute Gasteiger partial charge is 0.336 e. The van der Waals surface area contributed by atoms with Gasteiger partial charge in [-0.15, -0.1) is 10.2 Å². The SMILES string of the molecule is CC(C)(C)c1nnc(Sc2ccc([N+](=O)[O-])cc2C#N)n1N. The van der Waals surface area contributed by atoms with Crippen molar-refractivity contribution < 1.29 is 4.92 Å². The average Bonchev–Trinajstić information content (AvgIpc) is 2.80. The van der Waals surface area contributed by atoms with Crippen LogP contribution in [-0.2, 0) is 5.41 Å². The zero-order chi connectivity index (χ0) is 16.5. The van der Waals surface area contributed by atoms with E-state index in [1.54, 1.807) is 0 Å². The Morgan fingerprint density at radius 2 is 2.09 bits per heavy atom. The lowest BCUT2D eigenvalue weighted by molar-refractivity contribution is -0.384. The van der Waals surface area contributed by atoms with Crippen molar-refractivity contribution in [3.05, 3.63) is 39.7 Å². The lowest BCUT2D eigenvalue weighted by atomic mass is 9.96. The molecular formula is C13H14N6O2S. The fourth-order valence-electron chi connectivity index (χ4n) is 1.76. The van der Waals surface area contributed by atoms with Gasteiger partial charge in [0.2, 0.25) is 5.16 Å². The number of non-ortho nitro benzene ring substituents is 1. The lowest BCUT2D eigenvalue weighted by Gasteiger charge is -2.16. The number of hydrogen-bond donors (Lipinski definition) is 1. The summed E-state index contributed by atoms with van der Waals surface area (Å²) in [4.78, 5) is 10.7. The zero-order valence-corrected chi connectivity index (χ0v) is 13.1. The van der Waals surface area contributed by atoms with Gasteiger partial charge in [0.05, 0.1) is 10.5 Å². The standard InChI is InChI=1S/C13H14N6O2S/c1-13(2,3)11-16-17-12(18(11)15)22-10-5-4-9(19(20)21)6-8(10)7-14/h4-6H,15H2,1-3H3. The summed E-state index contributed by atoms with van der Waals surface area (Å²) in [6, 6.07) is 6.02. The minimum Gasteiger partial charge on any atom is -0.336 e. The molecule has 0 saturated heterocycles. The number of nitrogens with two attached hydrogens (primary N) is 1. The molecule has 0 saturated carbocycles. The maximum absolute atomic E-state index is 10.7. The second-order valence-electron chi connectivity index (χ2n) is 5.58. The summed E-state index contributed by atoms with van der Waals surface area (Å²) < 4.78 is 1.37. The first-order valence-electron chi connectivity index (χ1n) is 6.31. The number of aromatic nitrogens is 3. The van der Waals surface area contributed by atoms with E-state index < -0.39 is 4.92 Å². The number of nitrogens with zero attached hydrogens (tertiary/aromatic N) is 5. The van der Waals surface area contributed by atoms with Gasteiger partial charge in [0, 0.05) is 22.4 Å². The molecule has 0 amide bonds. The molecule has 0 atom stereocenters. The topological polar surface area (TPSA) is 124 Å². The first kappa shape index (κ1) is 15.8. The molecule has 0 radical (unpaired) electrons.